The van der Waals surface area contributed by atoms with Gasteiger partial charge in [-0.05, 0) is 44.0 Å². The zero-order valence-electron chi connectivity index (χ0n) is 16.6. The molecule has 0 aliphatic heterocycles. The van der Waals surface area contributed by atoms with Crippen LogP contribution in [0.1, 0.15) is 45.5 Å². The molecule has 0 aliphatic carbocycles. The van der Waals surface area contributed by atoms with Crippen LogP contribution in [-0.2, 0) is 4.79 Å². The van der Waals surface area contributed by atoms with Crippen molar-refractivity contribution in [2.45, 2.75) is 50.9 Å². The Morgan fingerprint density at radius 3 is 2.41 bits per heavy atom. The third-order valence-corrected chi connectivity index (χ3v) is 5.61. The topological polar surface area (TPSA) is 64.2 Å². The highest BCUT2D eigenvalue weighted by Crippen LogP contribution is 2.24. The number of nitrogens with one attached hydrogen (secondary N) is 2. The van der Waals surface area contributed by atoms with Crippen molar-refractivity contribution in [1.82, 2.24) is 20.1 Å². The van der Waals surface area contributed by atoms with Crippen LogP contribution < -0.4 is 10.2 Å². The highest BCUT2D eigenvalue weighted by molar-refractivity contribution is 7.99. The maximum absolute atomic E-state index is 13.4. The van der Waals surface area contributed by atoms with E-state index in [1.54, 1.807) is 12.1 Å². The van der Waals surface area contributed by atoms with Crippen LogP contribution in [0.5, 0.6) is 0 Å². The van der Waals surface area contributed by atoms with Crippen LogP contribution in [0.3, 0.4) is 0 Å². The third kappa shape index (κ3) is 5.52. The Morgan fingerprint density at radius 1 is 1.22 bits per heavy atom. The molecule has 1 heterocycles. The summed E-state index contributed by atoms with van der Waals surface area (Å²) in [6.07, 6.45) is 1.82. The molecule has 0 saturated carbocycles. The summed E-state index contributed by atoms with van der Waals surface area (Å²) >= 11 is 1.34. The molecular weight excluding hydrogens is 365 g/mol. The number of benzene rings is 1. The Bertz CT molecular complexity index is 743. The van der Waals surface area contributed by atoms with E-state index in [-0.39, 0.29) is 29.6 Å². The van der Waals surface area contributed by atoms with Crippen LogP contribution in [0.2, 0.25) is 0 Å². The maximum atomic E-state index is 13.4. The Balaban J connectivity index is 2.25. The van der Waals surface area contributed by atoms with Gasteiger partial charge >= 0.3 is 0 Å². The number of rotatable bonds is 9. The van der Waals surface area contributed by atoms with Gasteiger partial charge in [0.05, 0.1) is 19.8 Å². The minimum Gasteiger partial charge on any atom is -0.353 e. The van der Waals surface area contributed by atoms with Crippen LogP contribution in [0.15, 0.2) is 29.4 Å². The van der Waals surface area contributed by atoms with E-state index in [9.17, 15) is 9.18 Å². The zero-order chi connectivity index (χ0) is 20.0. The fraction of sp³-hybridized carbons (Fsp3) is 0.526. The number of carbonyl (C=O) groups is 1. The van der Waals surface area contributed by atoms with E-state index < -0.39 is 0 Å². The molecule has 6 nitrogen and oxygen atoms in total. The Labute approximate surface area is 164 Å². The van der Waals surface area contributed by atoms with Crippen molar-refractivity contribution in [3.05, 3.63) is 35.9 Å². The lowest BCUT2D eigenvalue weighted by Crippen LogP contribution is -3.05. The number of amides is 1. The van der Waals surface area contributed by atoms with Gasteiger partial charge in [-0.3, -0.25) is 9.36 Å². The summed E-state index contributed by atoms with van der Waals surface area (Å²) in [4.78, 5) is 13.4. The average molecular weight is 395 g/mol. The van der Waals surface area contributed by atoms with Crippen molar-refractivity contribution in [2.24, 2.45) is 0 Å². The highest BCUT2D eigenvalue weighted by atomic mass is 32.2. The van der Waals surface area contributed by atoms with Crippen molar-refractivity contribution in [3.63, 3.8) is 0 Å². The summed E-state index contributed by atoms with van der Waals surface area (Å²) in [5.74, 6) is 0.733. The van der Waals surface area contributed by atoms with Crippen LogP contribution in [0, 0.1) is 5.82 Å². The summed E-state index contributed by atoms with van der Waals surface area (Å²) in [6, 6.07) is 6.53. The average Bonchev–Trinajstić information content (AvgIpc) is 3.08. The van der Waals surface area contributed by atoms with E-state index in [0.717, 1.165) is 24.4 Å². The Morgan fingerprint density at radius 2 is 1.85 bits per heavy atom. The molecule has 2 N–H and O–H groups in total. The second-order valence-corrected chi connectivity index (χ2v) is 7.76. The van der Waals surface area contributed by atoms with Gasteiger partial charge in [0, 0.05) is 11.7 Å². The van der Waals surface area contributed by atoms with Gasteiger partial charge in [0.15, 0.2) is 11.0 Å². The summed E-state index contributed by atoms with van der Waals surface area (Å²) in [5.41, 5.74) is 0.785. The normalized spacial score (nSPS) is 12.6. The first kappa shape index (κ1) is 21.4. The van der Waals surface area contributed by atoms with Crippen LogP contribution >= 0.6 is 11.8 Å². The van der Waals surface area contributed by atoms with Gasteiger partial charge in [-0.1, -0.05) is 25.6 Å². The Kier molecular flexibility index (Phi) is 7.79. The second-order valence-electron chi connectivity index (χ2n) is 6.82. The van der Waals surface area contributed by atoms with E-state index in [1.807, 2.05) is 18.7 Å². The predicted molar refractivity (Wildman–Crippen MR) is 106 cm³/mol. The third-order valence-electron chi connectivity index (χ3n) is 4.68. The number of thioether (sulfide) groups is 1. The number of hydrogen-bond donors (Lipinski definition) is 2. The number of carbonyl (C=O) groups excluding carboxylic acids is 1. The predicted octanol–water partition coefficient (Wildman–Crippen LogP) is 2.01. The molecule has 1 aromatic heterocycles. The molecule has 2 aromatic rings. The molecule has 1 aromatic carbocycles. The molecular formula is C19H29FN5OS+. The molecule has 148 valence electrons. The van der Waals surface area contributed by atoms with Crippen molar-refractivity contribution >= 4 is 17.7 Å². The highest BCUT2D eigenvalue weighted by Gasteiger charge is 2.24. The number of halogens is 1. The molecule has 0 radical (unpaired) electrons. The zero-order valence-corrected chi connectivity index (χ0v) is 17.4. The standard InChI is InChI=1S/C19H28FN5OS/c1-6-15(7-2)21-17(26)12-27-19-23-22-18(13(3)24(4)5)25(19)16-10-8-14(20)9-11-16/h8-11,13,15H,6-7,12H2,1-5H3,(H,21,26)/p+1/t13-/m0/s1. The number of quaternary nitrogens is 1. The molecule has 27 heavy (non-hydrogen) atoms. The van der Waals surface area contributed by atoms with Crippen LogP contribution in [-0.4, -0.2) is 46.6 Å². The summed E-state index contributed by atoms with van der Waals surface area (Å²) < 4.78 is 15.3. The van der Waals surface area contributed by atoms with Crippen molar-refractivity contribution in [3.8, 4) is 5.69 Å². The van der Waals surface area contributed by atoms with E-state index >= 15 is 0 Å². The van der Waals surface area contributed by atoms with Gasteiger partial charge in [0.2, 0.25) is 5.91 Å². The molecule has 0 bridgehead atoms. The SMILES string of the molecule is CCC(CC)NC(=O)CSc1nnc([C@H](C)[NH+](C)C)n1-c1ccc(F)cc1. The summed E-state index contributed by atoms with van der Waals surface area (Å²) in [7, 11) is 4.09. The first-order valence-corrected chi connectivity index (χ1v) is 10.3. The minimum atomic E-state index is -0.293. The molecule has 8 heteroatoms. The molecule has 0 spiro atoms. The van der Waals surface area contributed by atoms with Gasteiger partial charge in [-0.2, -0.15) is 0 Å². The lowest BCUT2D eigenvalue weighted by Gasteiger charge is -2.18. The maximum Gasteiger partial charge on any atom is 0.230 e. The van der Waals surface area contributed by atoms with E-state index in [2.05, 4.69) is 36.3 Å². The fourth-order valence-corrected chi connectivity index (χ4v) is 3.41. The number of aromatic nitrogens is 3. The van der Waals surface area contributed by atoms with Gasteiger partial charge in [0.25, 0.3) is 0 Å². The van der Waals surface area contributed by atoms with Gasteiger partial charge < -0.3 is 10.2 Å². The van der Waals surface area contributed by atoms with Crippen LogP contribution in [0.25, 0.3) is 5.69 Å². The lowest BCUT2D eigenvalue weighted by molar-refractivity contribution is -0.890. The van der Waals surface area contributed by atoms with Crippen LogP contribution in [0.4, 0.5) is 4.39 Å². The summed E-state index contributed by atoms with van der Waals surface area (Å²) in [6.45, 7) is 6.18. The van der Waals surface area contributed by atoms with Gasteiger partial charge in [-0.25, -0.2) is 4.39 Å². The monoisotopic (exact) mass is 394 g/mol. The fourth-order valence-electron chi connectivity index (χ4n) is 2.64. The molecule has 1 atom stereocenters. The van der Waals surface area contributed by atoms with Crippen molar-refractivity contribution < 1.29 is 14.1 Å². The number of nitrogens with zero attached hydrogens (tertiary/aromatic N) is 3. The summed E-state index contributed by atoms with van der Waals surface area (Å²) in [5, 5.41) is 12.3. The molecule has 0 saturated heterocycles. The quantitative estimate of drug-likeness (QED) is 0.639. The molecule has 1 amide bonds. The second kappa shape index (κ2) is 9.85. The van der Waals surface area contributed by atoms with Crippen molar-refractivity contribution in [2.75, 3.05) is 19.8 Å². The van der Waals surface area contributed by atoms with E-state index in [1.165, 1.54) is 28.8 Å². The Hall–Kier alpha value is -1.93. The number of hydrogen-bond acceptors (Lipinski definition) is 4. The van der Waals surface area contributed by atoms with Crippen molar-refractivity contribution in [1.29, 1.82) is 0 Å². The first-order valence-electron chi connectivity index (χ1n) is 9.30. The van der Waals surface area contributed by atoms with Gasteiger partial charge in [0.1, 0.15) is 11.9 Å². The lowest BCUT2D eigenvalue weighted by atomic mass is 10.2. The van der Waals surface area contributed by atoms with E-state index in [4.69, 9.17) is 0 Å². The van der Waals surface area contributed by atoms with E-state index in [0.29, 0.717) is 5.16 Å². The molecule has 0 fully saturated rings. The molecule has 0 unspecified atom stereocenters. The smallest absolute Gasteiger partial charge is 0.230 e. The molecule has 0 aliphatic rings. The van der Waals surface area contributed by atoms with Gasteiger partial charge in [-0.15, -0.1) is 10.2 Å². The minimum absolute atomic E-state index is 0.0183. The molecule has 2 rings (SSSR count). The first-order chi connectivity index (χ1) is 12.9. The largest absolute Gasteiger partial charge is 0.353 e.